The molecule has 0 spiro atoms. The van der Waals surface area contributed by atoms with E-state index in [9.17, 15) is 4.79 Å². The van der Waals surface area contributed by atoms with E-state index in [4.69, 9.17) is 4.42 Å². The number of nitrogens with zero attached hydrogens (tertiary/aromatic N) is 5. The Morgan fingerprint density at radius 1 is 1.23 bits per heavy atom. The first-order valence-corrected chi connectivity index (χ1v) is 8.54. The maximum Gasteiger partial charge on any atom is 0.239 e. The lowest BCUT2D eigenvalue weighted by Gasteiger charge is -2.31. The monoisotopic (exact) mass is 352 g/mol. The Morgan fingerprint density at radius 3 is 2.85 bits per heavy atom. The molecule has 1 fully saturated rings. The number of anilines is 1. The molecule has 1 saturated heterocycles. The Hall–Kier alpha value is -2.84. The van der Waals surface area contributed by atoms with Gasteiger partial charge in [0.05, 0.1) is 18.3 Å². The van der Waals surface area contributed by atoms with Crippen molar-refractivity contribution in [3.8, 4) is 11.5 Å². The molecule has 0 unspecified atom stereocenters. The van der Waals surface area contributed by atoms with Crippen LogP contribution < -0.4 is 5.32 Å². The molecule has 0 atom stereocenters. The van der Waals surface area contributed by atoms with Crippen LogP contribution in [0.5, 0.6) is 0 Å². The van der Waals surface area contributed by atoms with Crippen molar-refractivity contribution < 1.29 is 9.21 Å². The molecule has 8 nitrogen and oxygen atoms in total. The number of carbonyl (C=O) groups excluding carboxylic acids is 1. The van der Waals surface area contributed by atoms with Gasteiger partial charge in [-0.25, -0.2) is 15.0 Å². The number of amides is 1. The molecule has 134 valence electrons. The Bertz CT molecular complexity index is 903. The van der Waals surface area contributed by atoms with Gasteiger partial charge in [-0.05, 0) is 19.2 Å². The van der Waals surface area contributed by atoms with Gasteiger partial charge < -0.3 is 14.6 Å². The highest BCUT2D eigenvalue weighted by atomic mass is 16.3. The Morgan fingerprint density at radius 2 is 2.08 bits per heavy atom. The molecule has 0 bridgehead atoms. The lowest BCUT2D eigenvalue weighted by molar-refractivity contribution is -0.117. The normalized spacial score (nSPS) is 16.0. The first kappa shape index (κ1) is 16.6. The SMILES string of the molecule is CN1CCN(CC(=O)Nc2cc3nc(-c4cnco4)ccc3cn2)CC1. The first-order valence-electron chi connectivity index (χ1n) is 8.54. The smallest absolute Gasteiger partial charge is 0.239 e. The zero-order chi connectivity index (χ0) is 17.9. The number of hydrogen-bond acceptors (Lipinski definition) is 7. The van der Waals surface area contributed by atoms with Crippen molar-refractivity contribution >= 4 is 22.6 Å². The molecule has 0 aromatic carbocycles. The van der Waals surface area contributed by atoms with Crippen LogP contribution in [0.1, 0.15) is 0 Å². The minimum absolute atomic E-state index is 0.0622. The molecule has 1 amide bonds. The summed E-state index contributed by atoms with van der Waals surface area (Å²) >= 11 is 0. The van der Waals surface area contributed by atoms with E-state index in [1.165, 1.54) is 6.39 Å². The number of fused-ring (bicyclic) bond motifs is 1. The molecule has 0 radical (unpaired) electrons. The Labute approximate surface area is 150 Å². The summed E-state index contributed by atoms with van der Waals surface area (Å²) in [5, 5.41) is 3.76. The zero-order valence-corrected chi connectivity index (χ0v) is 14.6. The number of likely N-dealkylation sites (N-methyl/N-ethyl adjacent to an activating group) is 1. The summed E-state index contributed by atoms with van der Waals surface area (Å²) in [4.78, 5) is 29.5. The molecular weight excluding hydrogens is 332 g/mol. The van der Waals surface area contributed by atoms with Gasteiger partial charge in [0.15, 0.2) is 12.2 Å². The third kappa shape index (κ3) is 3.71. The van der Waals surface area contributed by atoms with Crippen LogP contribution in [0.4, 0.5) is 5.82 Å². The van der Waals surface area contributed by atoms with Gasteiger partial charge in [0, 0.05) is 43.8 Å². The molecule has 4 rings (SSSR count). The van der Waals surface area contributed by atoms with E-state index < -0.39 is 0 Å². The van der Waals surface area contributed by atoms with Gasteiger partial charge in [-0.3, -0.25) is 9.69 Å². The van der Waals surface area contributed by atoms with E-state index in [0.29, 0.717) is 23.8 Å². The van der Waals surface area contributed by atoms with Gasteiger partial charge in [0.2, 0.25) is 5.91 Å². The lowest BCUT2D eigenvalue weighted by atomic mass is 10.2. The standard InChI is InChI=1S/C18H20N6O2/c1-23-4-6-24(7-5-23)11-18(25)22-17-8-15-13(9-20-17)2-3-14(21-15)16-10-19-12-26-16/h2-3,8-10,12H,4-7,11H2,1H3,(H,20,22,25). The summed E-state index contributed by atoms with van der Waals surface area (Å²) in [5.74, 6) is 1.04. The van der Waals surface area contributed by atoms with Crippen LogP contribution in [-0.4, -0.2) is 70.4 Å². The summed E-state index contributed by atoms with van der Waals surface area (Å²) in [7, 11) is 2.09. The first-order chi connectivity index (χ1) is 12.7. The molecule has 1 aliphatic rings. The van der Waals surface area contributed by atoms with E-state index in [2.05, 4.69) is 37.1 Å². The van der Waals surface area contributed by atoms with Crippen molar-refractivity contribution in [2.24, 2.45) is 0 Å². The van der Waals surface area contributed by atoms with Crippen molar-refractivity contribution in [2.45, 2.75) is 0 Å². The molecule has 1 aliphatic heterocycles. The molecule has 3 aromatic rings. The number of nitrogens with one attached hydrogen (secondary N) is 1. The second-order valence-electron chi connectivity index (χ2n) is 6.45. The number of aromatic nitrogens is 3. The van der Waals surface area contributed by atoms with E-state index >= 15 is 0 Å². The number of piperazine rings is 1. The van der Waals surface area contributed by atoms with Gasteiger partial charge in [-0.2, -0.15) is 0 Å². The molecule has 4 heterocycles. The van der Waals surface area contributed by atoms with Gasteiger partial charge in [-0.15, -0.1) is 0 Å². The third-order valence-corrected chi connectivity index (χ3v) is 4.49. The fourth-order valence-corrected chi connectivity index (χ4v) is 2.96. The third-order valence-electron chi connectivity index (χ3n) is 4.49. The Balaban J connectivity index is 1.47. The van der Waals surface area contributed by atoms with Crippen molar-refractivity contribution in [1.29, 1.82) is 0 Å². The summed E-state index contributed by atoms with van der Waals surface area (Å²) in [6.45, 7) is 4.14. The van der Waals surface area contributed by atoms with Crippen LogP contribution in [0, 0.1) is 0 Å². The summed E-state index contributed by atoms with van der Waals surface area (Å²) in [5.41, 5.74) is 1.43. The molecule has 26 heavy (non-hydrogen) atoms. The molecular formula is C18H20N6O2. The predicted molar refractivity (Wildman–Crippen MR) is 97.6 cm³/mol. The summed E-state index contributed by atoms with van der Waals surface area (Å²) in [6, 6.07) is 5.55. The minimum atomic E-state index is -0.0622. The molecule has 3 aromatic heterocycles. The van der Waals surface area contributed by atoms with Crippen LogP contribution in [0.25, 0.3) is 22.4 Å². The van der Waals surface area contributed by atoms with Crippen molar-refractivity contribution in [2.75, 3.05) is 45.1 Å². The van der Waals surface area contributed by atoms with Crippen molar-refractivity contribution in [3.63, 3.8) is 0 Å². The molecule has 8 heteroatoms. The van der Waals surface area contributed by atoms with Crippen LogP contribution in [0.3, 0.4) is 0 Å². The fourth-order valence-electron chi connectivity index (χ4n) is 2.96. The van der Waals surface area contributed by atoms with E-state index in [1.54, 1.807) is 18.5 Å². The topological polar surface area (TPSA) is 87.4 Å². The predicted octanol–water partition coefficient (Wildman–Crippen LogP) is 1.47. The van der Waals surface area contributed by atoms with Crippen molar-refractivity contribution in [1.82, 2.24) is 24.8 Å². The Kier molecular flexibility index (Phi) is 4.59. The average Bonchev–Trinajstić information content (AvgIpc) is 3.18. The highest BCUT2D eigenvalue weighted by Gasteiger charge is 2.17. The average molecular weight is 352 g/mol. The molecule has 0 saturated carbocycles. The number of carbonyl (C=O) groups is 1. The quantitative estimate of drug-likeness (QED) is 0.761. The van der Waals surface area contributed by atoms with Gasteiger partial charge in [0.25, 0.3) is 0 Å². The zero-order valence-electron chi connectivity index (χ0n) is 14.6. The number of rotatable bonds is 4. The van der Waals surface area contributed by atoms with Crippen LogP contribution in [-0.2, 0) is 4.79 Å². The van der Waals surface area contributed by atoms with Gasteiger partial charge >= 0.3 is 0 Å². The summed E-state index contributed by atoms with van der Waals surface area (Å²) < 4.78 is 5.29. The van der Waals surface area contributed by atoms with Crippen LogP contribution in [0.2, 0.25) is 0 Å². The molecule has 1 N–H and O–H groups in total. The van der Waals surface area contributed by atoms with Gasteiger partial charge in [0.1, 0.15) is 11.5 Å². The van der Waals surface area contributed by atoms with E-state index in [-0.39, 0.29) is 5.91 Å². The van der Waals surface area contributed by atoms with E-state index in [1.807, 2.05) is 12.1 Å². The second-order valence-corrected chi connectivity index (χ2v) is 6.45. The van der Waals surface area contributed by atoms with Gasteiger partial charge in [-0.1, -0.05) is 0 Å². The van der Waals surface area contributed by atoms with Crippen LogP contribution in [0.15, 0.2) is 41.4 Å². The number of pyridine rings is 2. The largest absolute Gasteiger partial charge is 0.442 e. The second kappa shape index (κ2) is 7.19. The number of oxazole rings is 1. The lowest BCUT2D eigenvalue weighted by Crippen LogP contribution is -2.47. The van der Waals surface area contributed by atoms with Crippen LogP contribution >= 0.6 is 0 Å². The highest BCUT2D eigenvalue weighted by Crippen LogP contribution is 2.21. The maximum absolute atomic E-state index is 12.3. The van der Waals surface area contributed by atoms with Crippen molar-refractivity contribution in [3.05, 3.63) is 37.0 Å². The number of hydrogen-bond donors (Lipinski definition) is 1. The van der Waals surface area contributed by atoms with E-state index in [0.717, 1.165) is 37.1 Å². The maximum atomic E-state index is 12.3. The highest BCUT2D eigenvalue weighted by molar-refractivity contribution is 5.93. The minimum Gasteiger partial charge on any atom is -0.442 e. The molecule has 0 aliphatic carbocycles. The fraction of sp³-hybridized carbons (Fsp3) is 0.333. The summed E-state index contributed by atoms with van der Waals surface area (Å²) in [6.07, 6.45) is 4.70.